The van der Waals surface area contributed by atoms with Crippen LogP contribution in [0.3, 0.4) is 0 Å². The molecule has 2 rings (SSSR count). The van der Waals surface area contributed by atoms with Crippen molar-refractivity contribution in [2.24, 2.45) is 0 Å². The molecule has 1 N–H and O–H groups in total. The fourth-order valence-corrected chi connectivity index (χ4v) is 1.89. The van der Waals surface area contributed by atoms with Crippen molar-refractivity contribution >= 4 is 0 Å². The van der Waals surface area contributed by atoms with Gasteiger partial charge < -0.3 is 14.6 Å². The third-order valence-corrected chi connectivity index (χ3v) is 3.21. The van der Waals surface area contributed by atoms with Crippen molar-refractivity contribution in [3.8, 4) is 5.75 Å². The third kappa shape index (κ3) is 1.93. The molecule has 0 fully saturated rings. The minimum atomic E-state index is -0.622. The van der Waals surface area contributed by atoms with Gasteiger partial charge in [-0.2, -0.15) is 0 Å². The predicted molar refractivity (Wildman–Crippen MR) is 61.7 cm³/mol. The van der Waals surface area contributed by atoms with Crippen LogP contribution in [-0.2, 0) is 11.2 Å². The lowest BCUT2D eigenvalue weighted by Gasteiger charge is -2.29. The number of benzene rings is 1. The van der Waals surface area contributed by atoms with Gasteiger partial charge in [0.15, 0.2) is 0 Å². The number of rotatable bonds is 3. The van der Waals surface area contributed by atoms with Gasteiger partial charge in [0.2, 0.25) is 0 Å². The Morgan fingerprint density at radius 3 is 2.88 bits per heavy atom. The van der Waals surface area contributed by atoms with Gasteiger partial charge in [-0.05, 0) is 37.1 Å². The van der Waals surface area contributed by atoms with E-state index in [1.165, 1.54) is 5.56 Å². The van der Waals surface area contributed by atoms with Crippen LogP contribution in [0.2, 0.25) is 0 Å². The van der Waals surface area contributed by atoms with Gasteiger partial charge in [-0.3, -0.25) is 0 Å². The van der Waals surface area contributed by atoms with Crippen LogP contribution in [0.1, 0.15) is 31.1 Å². The molecule has 1 aliphatic rings. The van der Waals surface area contributed by atoms with Crippen molar-refractivity contribution in [3.05, 3.63) is 29.3 Å². The smallest absolute Gasteiger partial charge is 0.122 e. The quantitative estimate of drug-likeness (QED) is 0.851. The van der Waals surface area contributed by atoms with E-state index in [0.29, 0.717) is 0 Å². The molecule has 1 atom stereocenters. The molecule has 0 amide bonds. The maximum atomic E-state index is 10.2. The maximum Gasteiger partial charge on any atom is 0.122 e. The highest BCUT2D eigenvalue weighted by Gasteiger charge is 2.29. The van der Waals surface area contributed by atoms with Gasteiger partial charge in [0.1, 0.15) is 11.9 Å². The van der Waals surface area contributed by atoms with E-state index in [1.807, 2.05) is 32.0 Å². The second-order valence-electron chi connectivity index (χ2n) is 4.68. The first-order valence-corrected chi connectivity index (χ1v) is 5.53. The maximum absolute atomic E-state index is 10.2. The molecule has 0 aromatic heterocycles. The standard InChI is InChI=1S/C13H18O3/c1-13(2,15-3)12(14)10-4-5-11-9(8-10)6-7-16-11/h4-5,8,12,14H,6-7H2,1-3H3. The Kier molecular flexibility index (Phi) is 2.91. The summed E-state index contributed by atoms with van der Waals surface area (Å²) >= 11 is 0. The van der Waals surface area contributed by atoms with Gasteiger partial charge >= 0.3 is 0 Å². The normalized spacial score (nSPS) is 16.8. The van der Waals surface area contributed by atoms with Gasteiger partial charge in [0.25, 0.3) is 0 Å². The summed E-state index contributed by atoms with van der Waals surface area (Å²) in [6, 6.07) is 5.83. The monoisotopic (exact) mass is 222 g/mol. The van der Waals surface area contributed by atoms with Gasteiger partial charge in [-0.1, -0.05) is 6.07 Å². The molecule has 1 aromatic carbocycles. The van der Waals surface area contributed by atoms with E-state index >= 15 is 0 Å². The van der Waals surface area contributed by atoms with E-state index in [4.69, 9.17) is 9.47 Å². The third-order valence-electron chi connectivity index (χ3n) is 3.21. The number of aliphatic hydroxyl groups excluding tert-OH is 1. The largest absolute Gasteiger partial charge is 0.493 e. The van der Waals surface area contributed by atoms with Crippen molar-refractivity contribution in [2.45, 2.75) is 32.0 Å². The molecule has 3 heteroatoms. The zero-order valence-electron chi connectivity index (χ0n) is 9.99. The van der Waals surface area contributed by atoms with Crippen molar-refractivity contribution in [1.29, 1.82) is 0 Å². The highest BCUT2D eigenvalue weighted by atomic mass is 16.5. The summed E-state index contributed by atoms with van der Waals surface area (Å²) in [4.78, 5) is 0. The van der Waals surface area contributed by atoms with E-state index in [-0.39, 0.29) is 0 Å². The van der Waals surface area contributed by atoms with Crippen molar-refractivity contribution < 1.29 is 14.6 Å². The van der Waals surface area contributed by atoms with Crippen molar-refractivity contribution in [2.75, 3.05) is 13.7 Å². The number of methoxy groups -OCH3 is 1. The summed E-state index contributed by atoms with van der Waals surface area (Å²) < 4.78 is 10.7. The van der Waals surface area contributed by atoms with E-state index in [1.54, 1.807) is 7.11 Å². The summed E-state index contributed by atoms with van der Waals surface area (Å²) in [5.41, 5.74) is 1.48. The average Bonchev–Trinajstić information content (AvgIpc) is 2.74. The summed E-state index contributed by atoms with van der Waals surface area (Å²) in [7, 11) is 1.61. The number of fused-ring (bicyclic) bond motifs is 1. The van der Waals surface area contributed by atoms with E-state index < -0.39 is 11.7 Å². The molecule has 3 nitrogen and oxygen atoms in total. The van der Waals surface area contributed by atoms with Crippen molar-refractivity contribution in [1.82, 2.24) is 0 Å². The lowest BCUT2D eigenvalue weighted by atomic mass is 9.93. The van der Waals surface area contributed by atoms with E-state index in [2.05, 4.69) is 0 Å². The minimum Gasteiger partial charge on any atom is -0.493 e. The summed E-state index contributed by atoms with van der Waals surface area (Å²) in [5, 5.41) is 10.2. The number of ether oxygens (including phenoxy) is 2. The molecule has 1 heterocycles. The van der Waals surface area contributed by atoms with Crippen LogP contribution in [0.4, 0.5) is 0 Å². The van der Waals surface area contributed by atoms with Crippen LogP contribution in [0.5, 0.6) is 5.75 Å². The predicted octanol–water partition coefficient (Wildman–Crippen LogP) is 2.08. The number of aliphatic hydroxyl groups is 1. The molecule has 1 aromatic rings. The highest BCUT2D eigenvalue weighted by Crippen LogP contribution is 2.33. The second-order valence-corrected chi connectivity index (χ2v) is 4.68. The summed E-state index contributed by atoms with van der Waals surface area (Å²) in [6.07, 6.45) is 0.298. The zero-order valence-corrected chi connectivity index (χ0v) is 9.99. The van der Waals surface area contributed by atoms with Gasteiger partial charge in [0.05, 0.1) is 12.2 Å². The molecular formula is C13H18O3. The molecule has 0 bridgehead atoms. The van der Waals surface area contributed by atoms with Crippen LogP contribution >= 0.6 is 0 Å². The molecule has 0 spiro atoms. The van der Waals surface area contributed by atoms with Crippen LogP contribution < -0.4 is 4.74 Å². The fourth-order valence-electron chi connectivity index (χ4n) is 1.89. The Morgan fingerprint density at radius 2 is 2.19 bits per heavy atom. The Balaban J connectivity index is 2.28. The first-order valence-electron chi connectivity index (χ1n) is 5.53. The Hall–Kier alpha value is -1.06. The van der Waals surface area contributed by atoms with Gasteiger partial charge in [-0.25, -0.2) is 0 Å². The number of hydrogen-bond acceptors (Lipinski definition) is 3. The van der Waals surface area contributed by atoms with Crippen LogP contribution in [0.25, 0.3) is 0 Å². The first kappa shape index (κ1) is 11.4. The average molecular weight is 222 g/mol. The molecular weight excluding hydrogens is 204 g/mol. The summed E-state index contributed by atoms with van der Waals surface area (Å²) in [5.74, 6) is 0.936. The SMILES string of the molecule is COC(C)(C)C(O)c1ccc2c(c1)CCO2. The van der Waals surface area contributed by atoms with E-state index in [9.17, 15) is 5.11 Å². The fraction of sp³-hybridized carbons (Fsp3) is 0.538. The topological polar surface area (TPSA) is 38.7 Å². The summed E-state index contributed by atoms with van der Waals surface area (Å²) in [6.45, 7) is 4.49. The Labute approximate surface area is 96.0 Å². The highest BCUT2D eigenvalue weighted by molar-refractivity contribution is 5.40. The molecule has 1 unspecified atom stereocenters. The van der Waals surface area contributed by atoms with Gasteiger partial charge in [0, 0.05) is 13.5 Å². The molecule has 0 radical (unpaired) electrons. The Morgan fingerprint density at radius 1 is 1.44 bits per heavy atom. The second kappa shape index (κ2) is 4.07. The molecule has 1 aliphatic heterocycles. The van der Waals surface area contributed by atoms with Crippen LogP contribution in [0, 0.1) is 0 Å². The van der Waals surface area contributed by atoms with Crippen molar-refractivity contribution in [3.63, 3.8) is 0 Å². The lowest BCUT2D eigenvalue weighted by molar-refractivity contribution is -0.0793. The molecule has 88 valence electrons. The van der Waals surface area contributed by atoms with E-state index in [0.717, 1.165) is 24.3 Å². The first-order chi connectivity index (χ1) is 7.54. The molecule has 16 heavy (non-hydrogen) atoms. The van der Waals surface area contributed by atoms with Crippen LogP contribution in [-0.4, -0.2) is 24.4 Å². The Bertz CT molecular complexity index is 385. The molecule has 0 saturated carbocycles. The lowest BCUT2D eigenvalue weighted by Crippen LogP contribution is -2.31. The number of hydrogen-bond donors (Lipinski definition) is 1. The zero-order chi connectivity index (χ0) is 11.8. The molecule has 0 aliphatic carbocycles. The molecule has 0 saturated heterocycles. The van der Waals surface area contributed by atoms with Crippen LogP contribution in [0.15, 0.2) is 18.2 Å². The van der Waals surface area contributed by atoms with Gasteiger partial charge in [-0.15, -0.1) is 0 Å². The minimum absolute atomic E-state index is 0.576.